The first kappa shape index (κ1) is 17.7. The van der Waals surface area contributed by atoms with Crippen LogP contribution in [0, 0.1) is 11.3 Å². The molecule has 108 valence electrons. The summed E-state index contributed by atoms with van der Waals surface area (Å²) in [6, 6.07) is 0. The molecule has 1 saturated heterocycles. The van der Waals surface area contributed by atoms with Gasteiger partial charge in [0, 0.05) is 18.5 Å². The molecule has 18 heavy (non-hydrogen) atoms. The van der Waals surface area contributed by atoms with E-state index in [9.17, 15) is 4.79 Å². The Kier molecular flexibility index (Phi) is 7.88. The SMILES string of the molecule is CCC(C)(C)C(=O)N1CCC(CCNC)CC1.Cl. The molecule has 0 saturated carbocycles. The Labute approximate surface area is 118 Å². The summed E-state index contributed by atoms with van der Waals surface area (Å²) >= 11 is 0. The van der Waals surface area contributed by atoms with Crippen LogP contribution in [0.4, 0.5) is 0 Å². The van der Waals surface area contributed by atoms with Gasteiger partial charge in [-0.15, -0.1) is 12.4 Å². The van der Waals surface area contributed by atoms with Gasteiger partial charge >= 0.3 is 0 Å². The Balaban J connectivity index is 0.00000289. The molecule has 0 aliphatic carbocycles. The Morgan fingerprint density at radius 2 is 1.89 bits per heavy atom. The van der Waals surface area contributed by atoms with E-state index in [1.165, 1.54) is 19.3 Å². The van der Waals surface area contributed by atoms with Gasteiger partial charge in [-0.1, -0.05) is 20.8 Å². The van der Waals surface area contributed by atoms with Gasteiger partial charge in [0.2, 0.25) is 5.91 Å². The molecule has 0 aromatic heterocycles. The van der Waals surface area contributed by atoms with E-state index in [1.807, 2.05) is 7.05 Å². The minimum absolute atomic E-state index is 0. The lowest BCUT2D eigenvalue weighted by atomic mass is 9.86. The molecular formula is C14H29ClN2O. The summed E-state index contributed by atoms with van der Waals surface area (Å²) in [6.45, 7) is 9.22. The molecule has 3 nitrogen and oxygen atoms in total. The van der Waals surface area contributed by atoms with Crippen molar-refractivity contribution in [3.05, 3.63) is 0 Å². The van der Waals surface area contributed by atoms with E-state index in [1.54, 1.807) is 0 Å². The fraction of sp³-hybridized carbons (Fsp3) is 0.929. The van der Waals surface area contributed by atoms with Crippen LogP contribution in [0.5, 0.6) is 0 Å². The van der Waals surface area contributed by atoms with Gasteiger partial charge in [-0.2, -0.15) is 0 Å². The molecule has 0 radical (unpaired) electrons. The van der Waals surface area contributed by atoms with Crippen LogP contribution in [-0.4, -0.2) is 37.5 Å². The number of carbonyl (C=O) groups excluding carboxylic acids is 1. The predicted octanol–water partition coefficient (Wildman–Crippen LogP) is 2.69. The van der Waals surface area contributed by atoms with Gasteiger partial charge in [-0.3, -0.25) is 4.79 Å². The van der Waals surface area contributed by atoms with Crippen molar-refractivity contribution in [2.75, 3.05) is 26.7 Å². The molecule has 1 aliphatic heterocycles. The highest BCUT2D eigenvalue weighted by Crippen LogP contribution is 2.27. The van der Waals surface area contributed by atoms with E-state index in [0.717, 1.165) is 32.0 Å². The van der Waals surface area contributed by atoms with Crippen molar-refractivity contribution < 1.29 is 4.79 Å². The molecule has 1 N–H and O–H groups in total. The second-order valence-electron chi connectivity index (χ2n) is 5.87. The van der Waals surface area contributed by atoms with E-state index in [0.29, 0.717) is 5.91 Å². The summed E-state index contributed by atoms with van der Waals surface area (Å²) < 4.78 is 0. The van der Waals surface area contributed by atoms with Gasteiger partial charge in [0.1, 0.15) is 0 Å². The number of hydrogen-bond donors (Lipinski definition) is 1. The van der Waals surface area contributed by atoms with Crippen LogP contribution in [0.15, 0.2) is 0 Å². The van der Waals surface area contributed by atoms with E-state index < -0.39 is 0 Å². The van der Waals surface area contributed by atoms with Crippen LogP contribution in [0.3, 0.4) is 0 Å². The number of rotatable bonds is 5. The predicted molar refractivity (Wildman–Crippen MR) is 79.2 cm³/mol. The Hall–Kier alpha value is -0.280. The fourth-order valence-electron chi connectivity index (χ4n) is 2.35. The molecule has 0 spiro atoms. The molecule has 0 aromatic rings. The third kappa shape index (κ3) is 4.77. The maximum atomic E-state index is 12.3. The second-order valence-corrected chi connectivity index (χ2v) is 5.87. The normalized spacial score (nSPS) is 17.4. The van der Waals surface area contributed by atoms with Crippen LogP contribution < -0.4 is 5.32 Å². The molecule has 1 rings (SSSR count). The summed E-state index contributed by atoms with van der Waals surface area (Å²) in [5, 5.41) is 3.20. The van der Waals surface area contributed by atoms with Gasteiger partial charge in [0.25, 0.3) is 0 Å². The summed E-state index contributed by atoms with van der Waals surface area (Å²) in [5.41, 5.74) is -0.183. The van der Waals surface area contributed by atoms with Crippen molar-refractivity contribution in [2.24, 2.45) is 11.3 Å². The lowest BCUT2D eigenvalue weighted by Gasteiger charge is -2.36. The molecule has 0 aromatic carbocycles. The van der Waals surface area contributed by atoms with Crippen LogP contribution in [-0.2, 0) is 4.79 Å². The van der Waals surface area contributed by atoms with Gasteiger partial charge < -0.3 is 10.2 Å². The van der Waals surface area contributed by atoms with Crippen LogP contribution in [0.1, 0.15) is 46.5 Å². The number of carbonyl (C=O) groups is 1. The van der Waals surface area contributed by atoms with Crippen molar-refractivity contribution in [3.63, 3.8) is 0 Å². The minimum Gasteiger partial charge on any atom is -0.342 e. The van der Waals surface area contributed by atoms with E-state index >= 15 is 0 Å². The molecular weight excluding hydrogens is 248 g/mol. The first-order chi connectivity index (χ1) is 8.01. The minimum atomic E-state index is -0.183. The highest BCUT2D eigenvalue weighted by atomic mass is 35.5. The van der Waals surface area contributed by atoms with E-state index in [2.05, 4.69) is 31.0 Å². The standard InChI is InChI=1S/C14H28N2O.ClH/c1-5-14(2,3)13(17)16-10-7-12(8-11-16)6-9-15-4;/h12,15H,5-11H2,1-4H3;1H. The van der Waals surface area contributed by atoms with Crippen molar-refractivity contribution in [3.8, 4) is 0 Å². The maximum absolute atomic E-state index is 12.3. The Morgan fingerprint density at radius 1 is 1.33 bits per heavy atom. The number of amides is 1. The van der Waals surface area contributed by atoms with Gasteiger partial charge in [0.05, 0.1) is 0 Å². The van der Waals surface area contributed by atoms with E-state index in [-0.39, 0.29) is 17.8 Å². The number of likely N-dealkylation sites (tertiary alicyclic amines) is 1. The third-order valence-corrected chi connectivity index (χ3v) is 4.17. The van der Waals surface area contributed by atoms with Gasteiger partial charge in [-0.05, 0) is 45.2 Å². The maximum Gasteiger partial charge on any atom is 0.228 e. The number of halogens is 1. The summed E-state index contributed by atoms with van der Waals surface area (Å²) in [7, 11) is 2.00. The topological polar surface area (TPSA) is 32.3 Å². The van der Waals surface area contributed by atoms with Crippen molar-refractivity contribution in [2.45, 2.75) is 46.5 Å². The molecule has 4 heteroatoms. The largest absolute Gasteiger partial charge is 0.342 e. The highest BCUT2D eigenvalue weighted by Gasteiger charge is 2.32. The monoisotopic (exact) mass is 276 g/mol. The average molecular weight is 277 g/mol. The zero-order valence-corrected chi connectivity index (χ0v) is 13.1. The van der Waals surface area contributed by atoms with Crippen LogP contribution in [0.2, 0.25) is 0 Å². The molecule has 1 aliphatic rings. The van der Waals surface area contributed by atoms with E-state index in [4.69, 9.17) is 0 Å². The van der Waals surface area contributed by atoms with Gasteiger partial charge in [-0.25, -0.2) is 0 Å². The quantitative estimate of drug-likeness (QED) is 0.837. The summed E-state index contributed by atoms with van der Waals surface area (Å²) in [5.74, 6) is 1.14. The smallest absolute Gasteiger partial charge is 0.228 e. The average Bonchev–Trinajstić information content (AvgIpc) is 2.36. The second kappa shape index (κ2) is 8.00. The first-order valence-electron chi connectivity index (χ1n) is 6.95. The number of piperidine rings is 1. The zero-order chi connectivity index (χ0) is 12.9. The zero-order valence-electron chi connectivity index (χ0n) is 12.3. The third-order valence-electron chi connectivity index (χ3n) is 4.17. The number of nitrogens with zero attached hydrogens (tertiary/aromatic N) is 1. The van der Waals surface area contributed by atoms with Crippen LogP contribution in [0.25, 0.3) is 0 Å². The molecule has 0 unspecified atom stereocenters. The van der Waals surface area contributed by atoms with Crippen molar-refractivity contribution in [1.82, 2.24) is 10.2 Å². The fourth-order valence-corrected chi connectivity index (χ4v) is 2.35. The molecule has 1 fully saturated rings. The summed E-state index contributed by atoms with van der Waals surface area (Å²) in [6.07, 6.45) is 4.52. The Bertz CT molecular complexity index is 248. The number of hydrogen-bond acceptors (Lipinski definition) is 2. The molecule has 1 amide bonds. The van der Waals surface area contributed by atoms with Gasteiger partial charge in [0.15, 0.2) is 0 Å². The van der Waals surface area contributed by atoms with Crippen molar-refractivity contribution >= 4 is 18.3 Å². The summed E-state index contributed by atoms with van der Waals surface area (Å²) in [4.78, 5) is 14.4. The lowest BCUT2D eigenvalue weighted by molar-refractivity contribution is -0.142. The Morgan fingerprint density at radius 3 is 2.33 bits per heavy atom. The molecule has 0 atom stereocenters. The molecule has 1 heterocycles. The first-order valence-corrected chi connectivity index (χ1v) is 6.95. The lowest BCUT2D eigenvalue weighted by Crippen LogP contribution is -2.45. The highest BCUT2D eigenvalue weighted by molar-refractivity contribution is 5.85. The van der Waals surface area contributed by atoms with Crippen LogP contribution >= 0.6 is 12.4 Å². The molecule has 0 bridgehead atoms. The van der Waals surface area contributed by atoms with Crippen molar-refractivity contribution in [1.29, 1.82) is 0 Å². The number of nitrogens with one attached hydrogen (secondary N) is 1.